The van der Waals surface area contributed by atoms with E-state index in [9.17, 15) is 4.79 Å². The minimum atomic E-state index is 0.0473. The van der Waals surface area contributed by atoms with Crippen molar-refractivity contribution in [1.82, 2.24) is 9.97 Å². The summed E-state index contributed by atoms with van der Waals surface area (Å²) in [5.41, 5.74) is 2.35. The van der Waals surface area contributed by atoms with Crippen LogP contribution in [0.3, 0.4) is 0 Å². The number of ether oxygens (including phenoxy) is 1. The molecule has 1 heterocycles. The normalized spacial score (nSPS) is 10.5. The van der Waals surface area contributed by atoms with E-state index in [0.717, 1.165) is 22.3 Å². The van der Waals surface area contributed by atoms with Crippen LogP contribution in [0.15, 0.2) is 48.8 Å². The average Bonchev–Trinajstić information content (AvgIpc) is 2.55. The second-order valence-electron chi connectivity index (χ2n) is 4.86. The van der Waals surface area contributed by atoms with Crippen LogP contribution < -0.4 is 10.1 Å². The molecule has 2 aromatic carbocycles. The van der Waals surface area contributed by atoms with Crippen LogP contribution in [-0.2, 0) is 0 Å². The third kappa shape index (κ3) is 2.74. The van der Waals surface area contributed by atoms with Gasteiger partial charge in [-0.15, -0.1) is 0 Å². The highest BCUT2D eigenvalue weighted by Crippen LogP contribution is 2.26. The van der Waals surface area contributed by atoms with Gasteiger partial charge in [0.05, 0.1) is 12.6 Å². The summed E-state index contributed by atoms with van der Waals surface area (Å²) in [4.78, 5) is 19.8. The number of benzene rings is 2. The van der Waals surface area contributed by atoms with Gasteiger partial charge in [-0.25, -0.2) is 9.97 Å². The third-order valence-corrected chi connectivity index (χ3v) is 3.40. The Hall–Kier alpha value is -2.95. The number of ketones is 1. The smallest absolute Gasteiger partial charge is 0.159 e. The predicted molar refractivity (Wildman–Crippen MR) is 85.8 cm³/mol. The monoisotopic (exact) mass is 293 g/mol. The largest absolute Gasteiger partial charge is 0.497 e. The first kappa shape index (κ1) is 14.0. The molecular formula is C17H15N3O2. The van der Waals surface area contributed by atoms with Crippen LogP contribution in [0.25, 0.3) is 10.9 Å². The second kappa shape index (κ2) is 5.81. The lowest BCUT2D eigenvalue weighted by Crippen LogP contribution is -1.97. The number of hydrogen-bond acceptors (Lipinski definition) is 5. The molecule has 0 unspecified atom stereocenters. The zero-order chi connectivity index (χ0) is 15.5. The van der Waals surface area contributed by atoms with Crippen molar-refractivity contribution in [3.8, 4) is 5.75 Å². The zero-order valence-electron chi connectivity index (χ0n) is 12.3. The van der Waals surface area contributed by atoms with Crippen LogP contribution in [0.1, 0.15) is 17.3 Å². The van der Waals surface area contributed by atoms with Crippen molar-refractivity contribution in [2.45, 2.75) is 6.92 Å². The Morgan fingerprint density at radius 1 is 1.09 bits per heavy atom. The fourth-order valence-corrected chi connectivity index (χ4v) is 2.19. The van der Waals surface area contributed by atoms with E-state index in [1.165, 1.54) is 6.33 Å². The summed E-state index contributed by atoms with van der Waals surface area (Å²) in [6, 6.07) is 12.9. The molecule has 3 aromatic rings. The Bertz CT molecular complexity index is 829. The van der Waals surface area contributed by atoms with E-state index in [2.05, 4.69) is 15.3 Å². The number of nitrogens with zero attached hydrogens (tertiary/aromatic N) is 2. The molecule has 5 heteroatoms. The van der Waals surface area contributed by atoms with Gasteiger partial charge in [-0.05, 0) is 43.3 Å². The van der Waals surface area contributed by atoms with E-state index in [-0.39, 0.29) is 5.78 Å². The van der Waals surface area contributed by atoms with Crippen molar-refractivity contribution >= 4 is 28.2 Å². The number of fused-ring (bicyclic) bond motifs is 1. The summed E-state index contributed by atoms with van der Waals surface area (Å²) >= 11 is 0. The maximum atomic E-state index is 11.3. The van der Waals surface area contributed by atoms with Gasteiger partial charge in [-0.1, -0.05) is 0 Å². The van der Waals surface area contributed by atoms with Gasteiger partial charge < -0.3 is 10.1 Å². The lowest BCUT2D eigenvalue weighted by Gasteiger charge is -2.09. The second-order valence-corrected chi connectivity index (χ2v) is 4.86. The zero-order valence-corrected chi connectivity index (χ0v) is 12.3. The molecule has 0 amide bonds. The first-order chi connectivity index (χ1) is 10.7. The number of carbonyl (C=O) groups is 1. The fourth-order valence-electron chi connectivity index (χ4n) is 2.19. The van der Waals surface area contributed by atoms with E-state index >= 15 is 0 Å². The van der Waals surface area contributed by atoms with Gasteiger partial charge in [-0.3, -0.25) is 4.79 Å². The summed E-state index contributed by atoms with van der Waals surface area (Å²) in [6.07, 6.45) is 1.51. The summed E-state index contributed by atoms with van der Waals surface area (Å²) < 4.78 is 5.20. The quantitative estimate of drug-likeness (QED) is 0.745. The summed E-state index contributed by atoms with van der Waals surface area (Å²) in [6.45, 7) is 1.55. The molecule has 0 atom stereocenters. The van der Waals surface area contributed by atoms with Crippen molar-refractivity contribution in [1.29, 1.82) is 0 Å². The Morgan fingerprint density at radius 3 is 2.55 bits per heavy atom. The number of anilines is 2. The van der Waals surface area contributed by atoms with Crippen molar-refractivity contribution in [3.63, 3.8) is 0 Å². The maximum Gasteiger partial charge on any atom is 0.159 e. The maximum absolute atomic E-state index is 11.3. The molecule has 0 fully saturated rings. The van der Waals surface area contributed by atoms with Crippen molar-refractivity contribution in [2.24, 2.45) is 0 Å². The molecule has 1 aromatic heterocycles. The Kier molecular flexibility index (Phi) is 3.70. The topological polar surface area (TPSA) is 64.1 Å². The molecule has 5 nitrogen and oxygen atoms in total. The summed E-state index contributed by atoms with van der Waals surface area (Å²) in [5, 5.41) is 4.15. The van der Waals surface area contributed by atoms with Crippen LogP contribution in [-0.4, -0.2) is 22.9 Å². The molecule has 22 heavy (non-hydrogen) atoms. The van der Waals surface area contributed by atoms with Gasteiger partial charge in [-0.2, -0.15) is 0 Å². The van der Waals surface area contributed by atoms with Crippen LogP contribution in [0, 0.1) is 0 Å². The van der Waals surface area contributed by atoms with Crippen molar-refractivity contribution in [3.05, 3.63) is 54.4 Å². The fraction of sp³-hybridized carbons (Fsp3) is 0.118. The molecule has 0 aliphatic carbocycles. The molecule has 0 spiro atoms. The van der Waals surface area contributed by atoms with E-state index in [1.54, 1.807) is 26.2 Å². The highest BCUT2D eigenvalue weighted by Gasteiger charge is 2.06. The molecule has 0 aliphatic rings. The molecule has 0 bridgehead atoms. The SMILES string of the molecule is COc1ccc2c(Nc3ccc(C(C)=O)cc3)ncnc2c1. The summed E-state index contributed by atoms with van der Waals surface area (Å²) in [5.74, 6) is 1.51. The van der Waals surface area contributed by atoms with E-state index in [0.29, 0.717) is 11.4 Å². The minimum Gasteiger partial charge on any atom is -0.497 e. The number of hydrogen-bond donors (Lipinski definition) is 1. The van der Waals surface area contributed by atoms with Crippen LogP contribution in [0.2, 0.25) is 0 Å². The van der Waals surface area contributed by atoms with Gasteiger partial charge in [0.25, 0.3) is 0 Å². The molecule has 110 valence electrons. The molecular weight excluding hydrogens is 278 g/mol. The molecule has 0 aliphatic heterocycles. The van der Waals surface area contributed by atoms with Crippen molar-refractivity contribution in [2.75, 3.05) is 12.4 Å². The van der Waals surface area contributed by atoms with E-state index in [1.807, 2.05) is 30.3 Å². The van der Waals surface area contributed by atoms with Gasteiger partial charge >= 0.3 is 0 Å². The molecule has 0 saturated carbocycles. The van der Waals surface area contributed by atoms with Gasteiger partial charge in [0.2, 0.25) is 0 Å². The Morgan fingerprint density at radius 2 is 1.86 bits per heavy atom. The van der Waals surface area contributed by atoms with E-state index in [4.69, 9.17) is 4.74 Å². The molecule has 1 N–H and O–H groups in total. The predicted octanol–water partition coefficient (Wildman–Crippen LogP) is 3.58. The van der Waals surface area contributed by atoms with Gasteiger partial charge in [0.1, 0.15) is 17.9 Å². The number of carbonyl (C=O) groups excluding carboxylic acids is 1. The first-order valence-electron chi connectivity index (χ1n) is 6.84. The Labute approximate surface area is 128 Å². The highest BCUT2D eigenvalue weighted by atomic mass is 16.5. The first-order valence-corrected chi connectivity index (χ1v) is 6.84. The van der Waals surface area contributed by atoms with Crippen LogP contribution in [0.5, 0.6) is 5.75 Å². The minimum absolute atomic E-state index is 0.0473. The molecule has 0 radical (unpaired) electrons. The Balaban J connectivity index is 1.94. The molecule has 0 saturated heterocycles. The standard InChI is InChI=1S/C17H15N3O2/c1-11(21)12-3-5-13(6-4-12)20-17-15-8-7-14(22-2)9-16(15)18-10-19-17/h3-10H,1-2H3,(H,18,19,20). The number of nitrogens with one attached hydrogen (secondary N) is 1. The number of aromatic nitrogens is 2. The van der Waals surface area contributed by atoms with Crippen molar-refractivity contribution < 1.29 is 9.53 Å². The number of rotatable bonds is 4. The number of Topliss-reactive ketones (excluding diaryl/α,β-unsaturated/α-hetero) is 1. The number of methoxy groups -OCH3 is 1. The third-order valence-electron chi connectivity index (χ3n) is 3.40. The lowest BCUT2D eigenvalue weighted by atomic mass is 10.1. The lowest BCUT2D eigenvalue weighted by molar-refractivity contribution is 0.101. The average molecular weight is 293 g/mol. The highest BCUT2D eigenvalue weighted by molar-refractivity contribution is 5.95. The van der Waals surface area contributed by atoms with Crippen LogP contribution >= 0.6 is 0 Å². The van der Waals surface area contributed by atoms with Crippen LogP contribution in [0.4, 0.5) is 11.5 Å². The molecule has 3 rings (SSSR count). The van der Waals surface area contributed by atoms with Gasteiger partial charge in [0, 0.05) is 22.7 Å². The van der Waals surface area contributed by atoms with Gasteiger partial charge in [0.15, 0.2) is 5.78 Å². The van der Waals surface area contributed by atoms with E-state index < -0.39 is 0 Å². The summed E-state index contributed by atoms with van der Waals surface area (Å²) in [7, 11) is 1.62.